The molecule has 1 nitrogen and oxygen atoms in total. The molecule has 1 rings (SSSR count). The molecule has 1 saturated carbocycles. The molecule has 17 heavy (non-hydrogen) atoms. The number of nitrogens with one attached hydrogen (secondary N) is 1. The van der Waals surface area contributed by atoms with Gasteiger partial charge in [-0.3, -0.25) is 0 Å². The lowest BCUT2D eigenvalue weighted by molar-refractivity contribution is 0.241. The minimum Gasteiger partial charge on any atom is -0.311 e. The summed E-state index contributed by atoms with van der Waals surface area (Å²) in [5, 5.41) is 3.84. The van der Waals surface area contributed by atoms with Gasteiger partial charge in [-0.05, 0) is 56.5 Å². The lowest BCUT2D eigenvalue weighted by atomic mass is 9.81. The highest BCUT2D eigenvalue weighted by Gasteiger charge is 2.23. The van der Waals surface area contributed by atoms with Crippen molar-refractivity contribution in [2.45, 2.75) is 71.4 Å². The first-order valence-corrected chi connectivity index (χ1v) is 8.76. The molecular formula is C15H31NS. The van der Waals surface area contributed by atoms with E-state index in [2.05, 4.69) is 32.3 Å². The molecule has 1 aliphatic rings. The van der Waals surface area contributed by atoms with Crippen LogP contribution in [0.15, 0.2) is 0 Å². The van der Waals surface area contributed by atoms with Crippen LogP contribution >= 0.6 is 11.8 Å². The van der Waals surface area contributed by atoms with Gasteiger partial charge in [0, 0.05) is 12.1 Å². The van der Waals surface area contributed by atoms with E-state index in [-0.39, 0.29) is 0 Å². The molecule has 0 aromatic heterocycles. The van der Waals surface area contributed by atoms with Crippen molar-refractivity contribution in [3.63, 3.8) is 0 Å². The standard InChI is InChI=1S/C15H31NS/c1-12(2)10-14-6-5-7-15(11-14)16-13(3)8-9-17-4/h12-16H,5-11H2,1-4H3. The maximum absolute atomic E-state index is 3.84. The second kappa shape index (κ2) is 8.42. The highest BCUT2D eigenvalue weighted by Crippen LogP contribution is 2.29. The molecule has 1 N–H and O–H groups in total. The Morgan fingerprint density at radius 1 is 1.24 bits per heavy atom. The largest absolute Gasteiger partial charge is 0.311 e. The molecule has 102 valence electrons. The molecule has 1 fully saturated rings. The van der Waals surface area contributed by atoms with Gasteiger partial charge in [0.15, 0.2) is 0 Å². The molecule has 2 heteroatoms. The maximum atomic E-state index is 3.84. The third kappa shape index (κ3) is 6.71. The number of hydrogen-bond donors (Lipinski definition) is 1. The topological polar surface area (TPSA) is 12.0 Å². The van der Waals surface area contributed by atoms with Gasteiger partial charge in [-0.25, -0.2) is 0 Å². The van der Waals surface area contributed by atoms with E-state index in [1.807, 2.05) is 11.8 Å². The van der Waals surface area contributed by atoms with Crippen LogP contribution in [0.3, 0.4) is 0 Å². The van der Waals surface area contributed by atoms with Gasteiger partial charge in [-0.15, -0.1) is 0 Å². The van der Waals surface area contributed by atoms with E-state index in [0.717, 1.165) is 17.9 Å². The predicted octanol–water partition coefficient (Wildman–Crippen LogP) is 4.32. The Hall–Kier alpha value is 0.310. The first-order valence-electron chi connectivity index (χ1n) is 7.36. The summed E-state index contributed by atoms with van der Waals surface area (Å²) in [5.74, 6) is 3.14. The van der Waals surface area contributed by atoms with Crippen LogP contribution in [0.4, 0.5) is 0 Å². The summed E-state index contributed by atoms with van der Waals surface area (Å²) in [7, 11) is 0. The SMILES string of the molecule is CSCCC(C)NC1CCCC(CC(C)C)C1. The summed E-state index contributed by atoms with van der Waals surface area (Å²) in [5.41, 5.74) is 0. The Morgan fingerprint density at radius 2 is 2.00 bits per heavy atom. The van der Waals surface area contributed by atoms with Crippen molar-refractivity contribution in [2.75, 3.05) is 12.0 Å². The van der Waals surface area contributed by atoms with Crippen LogP contribution in [0, 0.1) is 11.8 Å². The fourth-order valence-corrected chi connectivity index (χ4v) is 3.69. The zero-order chi connectivity index (χ0) is 12.7. The van der Waals surface area contributed by atoms with E-state index in [0.29, 0.717) is 6.04 Å². The van der Waals surface area contributed by atoms with Gasteiger partial charge < -0.3 is 5.32 Å². The summed E-state index contributed by atoms with van der Waals surface area (Å²) >= 11 is 1.96. The van der Waals surface area contributed by atoms with Crippen LogP contribution in [0.1, 0.15) is 59.3 Å². The van der Waals surface area contributed by atoms with E-state index >= 15 is 0 Å². The van der Waals surface area contributed by atoms with Crippen LogP contribution in [-0.2, 0) is 0 Å². The first kappa shape index (κ1) is 15.4. The molecule has 0 spiro atoms. The molecule has 3 unspecified atom stereocenters. The Morgan fingerprint density at radius 3 is 2.65 bits per heavy atom. The molecule has 0 saturated heterocycles. The Kier molecular flexibility index (Phi) is 7.61. The minimum atomic E-state index is 0.699. The fraction of sp³-hybridized carbons (Fsp3) is 1.00. The van der Waals surface area contributed by atoms with Crippen LogP contribution < -0.4 is 5.32 Å². The molecular weight excluding hydrogens is 226 g/mol. The molecule has 3 atom stereocenters. The van der Waals surface area contributed by atoms with Gasteiger partial charge in [-0.2, -0.15) is 11.8 Å². The van der Waals surface area contributed by atoms with Gasteiger partial charge in [0.2, 0.25) is 0 Å². The molecule has 0 heterocycles. The van der Waals surface area contributed by atoms with Crippen molar-refractivity contribution in [2.24, 2.45) is 11.8 Å². The van der Waals surface area contributed by atoms with Gasteiger partial charge in [0.05, 0.1) is 0 Å². The Balaban J connectivity index is 2.24. The smallest absolute Gasteiger partial charge is 0.00721 e. The van der Waals surface area contributed by atoms with Gasteiger partial charge in [0.1, 0.15) is 0 Å². The first-order chi connectivity index (χ1) is 8.11. The summed E-state index contributed by atoms with van der Waals surface area (Å²) in [4.78, 5) is 0. The van der Waals surface area contributed by atoms with Gasteiger partial charge in [-0.1, -0.05) is 26.7 Å². The van der Waals surface area contributed by atoms with Crippen molar-refractivity contribution in [3.8, 4) is 0 Å². The molecule has 0 aliphatic heterocycles. The Bertz CT molecular complexity index is 193. The number of hydrogen-bond acceptors (Lipinski definition) is 2. The Labute approximate surface area is 113 Å². The highest BCUT2D eigenvalue weighted by atomic mass is 32.2. The highest BCUT2D eigenvalue weighted by molar-refractivity contribution is 7.98. The zero-order valence-corrected chi connectivity index (χ0v) is 13.0. The average Bonchev–Trinajstić information content (AvgIpc) is 2.26. The molecule has 0 radical (unpaired) electrons. The van der Waals surface area contributed by atoms with Gasteiger partial charge >= 0.3 is 0 Å². The molecule has 0 amide bonds. The minimum absolute atomic E-state index is 0.699. The van der Waals surface area contributed by atoms with Crippen molar-refractivity contribution in [1.82, 2.24) is 5.32 Å². The molecule has 0 aromatic rings. The summed E-state index contributed by atoms with van der Waals surface area (Å²) in [6, 6.07) is 1.50. The van der Waals surface area contributed by atoms with Crippen LogP contribution in [-0.4, -0.2) is 24.1 Å². The second-order valence-corrected chi connectivity index (χ2v) is 7.19. The van der Waals surface area contributed by atoms with Crippen molar-refractivity contribution >= 4 is 11.8 Å². The van der Waals surface area contributed by atoms with Crippen LogP contribution in [0.2, 0.25) is 0 Å². The van der Waals surface area contributed by atoms with Crippen molar-refractivity contribution in [1.29, 1.82) is 0 Å². The summed E-state index contributed by atoms with van der Waals surface area (Å²) in [6.45, 7) is 7.07. The summed E-state index contributed by atoms with van der Waals surface area (Å²) < 4.78 is 0. The van der Waals surface area contributed by atoms with E-state index < -0.39 is 0 Å². The van der Waals surface area contributed by atoms with Crippen molar-refractivity contribution in [3.05, 3.63) is 0 Å². The normalized spacial score (nSPS) is 27.4. The molecule has 0 aromatic carbocycles. The second-order valence-electron chi connectivity index (χ2n) is 6.21. The zero-order valence-electron chi connectivity index (χ0n) is 12.2. The van der Waals surface area contributed by atoms with E-state index in [1.165, 1.54) is 44.3 Å². The molecule has 0 bridgehead atoms. The van der Waals surface area contributed by atoms with Crippen LogP contribution in [0.25, 0.3) is 0 Å². The monoisotopic (exact) mass is 257 g/mol. The average molecular weight is 257 g/mol. The summed E-state index contributed by atoms with van der Waals surface area (Å²) in [6.07, 6.45) is 10.7. The lowest BCUT2D eigenvalue weighted by Crippen LogP contribution is -2.40. The predicted molar refractivity (Wildman–Crippen MR) is 80.8 cm³/mol. The van der Waals surface area contributed by atoms with E-state index in [9.17, 15) is 0 Å². The van der Waals surface area contributed by atoms with Crippen molar-refractivity contribution < 1.29 is 0 Å². The lowest BCUT2D eigenvalue weighted by Gasteiger charge is -2.32. The third-order valence-corrected chi connectivity index (χ3v) is 4.51. The quantitative estimate of drug-likeness (QED) is 0.729. The maximum Gasteiger partial charge on any atom is 0.00721 e. The molecule has 1 aliphatic carbocycles. The number of rotatable bonds is 7. The van der Waals surface area contributed by atoms with Gasteiger partial charge in [0.25, 0.3) is 0 Å². The number of thioether (sulfide) groups is 1. The van der Waals surface area contributed by atoms with Crippen LogP contribution in [0.5, 0.6) is 0 Å². The van der Waals surface area contributed by atoms with E-state index in [4.69, 9.17) is 0 Å². The van der Waals surface area contributed by atoms with E-state index in [1.54, 1.807) is 0 Å². The third-order valence-electron chi connectivity index (χ3n) is 3.86. The fourth-order valence-electron chi connectivity index (χ4n) is 3.10.